The van der Waals surface area contributed by atoms with Gasteiger partial charge in [0, 0.05) is 6.54 Å². The Balaban J connectivity index is 1.92. The molecule has 17 heavy (non-hydrogen) atoms. The van der Waals surface area contributed by atoms with Gasteiger partial charge in [-0.05, 0) is 25.1 Å². The molecule has 1 unspecified atom stereocenters. The van der Waals surface area contributed by atoms with Crippen LogP contribution in [-0.4, -0.2) is 28.4 Å². The molecule has 0 spiro atoms. The average Bonchev–Trinajstić information content (AvgIpc) is 3.00. The third kappa shape index (κ3) is 1.89. The fourth-order valence-electron chi connectivity index (χ4n) is 2.03. The molecule has 2 heterocycles. The molecule has 1 aromatic heterocycles. The Hall–Kier alpha value is -1.88. The summed E-state index contributed by atoms with van der Waals surface area (Å²) >= 11 is 0. The third-order valence-electron chi connectivity index (χ3n) is 2.98. The van der Waals surface area contributed by atoms with Crippen LogP contribution in [0.1, 0.15) is 18.2 Å². The molecule has 0 amide bonds. The zero-order valence-corrected chi connectivity index (χ0v) is 9.26. The van der Waals surface area contributed by atoms with E-state index in [-0.39, 0.29) is 5.75 Å². The van der Waals surface area contributed by atoms with E-state index in [1.54, 1.807) is 18.2 Å². The molecule has 5 nitrogen and oxygen atoms in total. The fourth-order valence-corrected chi connectivity index (χ4v) is 2.03. The number of phenolic OH excluding ortho intramolecular Hbond substituents is 1. The van der Waals surface area contributed by atoms with Crippen molar-refractivity contribution in [1.82, 2.24) is 15.5 Å². The van der Waals surface area contributed by atoms with Gasteiger partial charge in [0.25, 0.3) is 5.89 Å². The van der Waals surface area contributed by atoms with Crippen LogP contribution in [0.2, 0.25) is 0 Å². The molecule has 0 aliphatic carbocycles. The van der Waals surface area contributed by atoms with Crippen LogP contribution >= 0.6 is 0 Å². The highest BCUT2D eigenvalue weighted by Gasteiger charge is 2.23. The van der Waals surface area contributed by atoms with Crippen molar-refractivity contribution in [1.29, 1.82) is 0 Å². The first-order valence-electron chi connectivity index (χ1n) is 5.67. The predicted molar refractivity (Wildman–Crippen MR) is 61.6 cm³/mol. The largest absolute Gasteiger partial charge is 0.507 e. The van der Waals surface area contributed by atoms with Crippen molar-refractivity contribution in [3.05, 3.63) is 30.2 Å². The van der Waals surface area contributed by atoms with Gasteiger partial charge in [-0.25, -0.2) is 0 Å². The van der Waals surface area contributed by atoms with Gasteiger partial charge in [-0.1, -0.05) is 12.1 Å². The number of benzene rings is 1. The summed E-state index contributed by atoms with van der Waals surface area (Å²) in [5, 5.41) is 21.0. The quantitative estimate of drug-likeness (QED) is 0.820. The Morgan fingerprint density at radius 1 is 1.29 bits per heavy atom. The summed E-state index contributed by atoms with van der Waals surface area (Å²) in [6.07, 6.45) is 1.02. The van der Waals surface area contributed by atoms with Gasteiger partial charge in [0.1, 0.15) is 5.75 Å². The summed E-state index contributed by atoms with van der Waals surface area (Å²) in [4.78, 5) is 0. The fraction of sp³-hybridized carbons (Fsp3) is 0.333. The molecule has 1 fully saturated rings. The molecule has 1 aliphatic rings. The first-order chi connectivity index (χ1) is 8.34. The monoisotopic (exact) mass is 231 g/mol. The lowest BCUT2D eigenvalue weighted by Gasteiger charge is -2.00. The molecule has 0 bridgehead atoms. The van der Waals surface area contributed by atoms with Crippen LogP contribution in [0, 0.1) is 0 Å². The van der Waals surface area contributed by atoms with E-state index in [2.05, 4.69) is 15.5 Å². The highest BCUT2D eigenvalue weighted by atomic mass is 16.4. The minimum absolute atomic E-state index is 0.159. The topological polar surface area (TPSA) is 71.2 Å². The second-order valence-corrected chi connectivity index (χ2v) is 4.15. The number of rotatable bonds is 2. The molecule has 0 radical (unpaired) electrons. The van der Waals surface area contributed by atoms with Crippen LogP contribution in [0.5, 0.6) is 5.75 Å². The van der Waals surface area contributed by atoms with E-state index in [9.17, 15) is 5.11 Å². The lowest BCUT2D eigenvalue weighted by atomic mass is 10.1. The zero-order valence-electron chi connectivity index (χ0n) is 9.26. The smallest absolute Gasteiger partial charge is 0.251 e. The number of aromatic hydroxyl groups is 1. The van der Waals surface area contributed by atoms with Crippen LogP contribution in [0.4, 0.5) is 0 Å². The van der Waals surface area contributed by atoms with Gasteiger partial charge in [-0.3, -0.25) is 0 Å². The van der Waals surface area contributed by atoms with Crippen molar-refractivity contribution in [2.75, 3.05) is 13.1 Å². The van der Waals surface area contributed by atoms with Gasteiger partial charge < -0.3 is 14.8 Å². The van der Waals surface area contributed by atoms with Gasteiger partial charge >= 0.3 is 0 Å². The number of nitrogens with one attached hydrogen (secondary N) is 1. The molecule has 1 atom stereocenters. The minimum Gasteiger partial charge on any atom is -0.507 e. The van der Waals surface area contributed by atoms with Crippen molar-refractivity contribution < 1.29 is 9.52 Å². The summed E-state index contributed by atoms with van der Waals surface area (Å²) in [6.45, 7) is 1.86. The minimum atomic E-state index is 0.159. The van der Waals surface area contributed by atoms with Crippen LogP contribution in [-0.2, 0) is 0 Å². The Labute approximate surface area is 98.5 Å². The van der Waals surface area contributed by atoms with Crippen LogP contribution in [0.25, 0.3) is 11.5 Å². The molecular weight excluding hydrogens is 218 g/mol. The number of hydrogen-bond acceptors (Lipinski definition) is 5. The second kappa shape index (κ2) is 4.18. The number of nitrogens with zero attached hydrogens (tertiary/aromatic N) is 2. The second-order valence-electron chi connectivity index (χ2n) is 4.15. The Morgan fingerprint density at radius 3 is 2.94 bits per heavy atom. The van der Waals surface area contributed by atoms with Gasteiger partial charge in [-0.15, -0.1) is 10.2 Å². The van der Waals surface area contributed by atoms with Gasteiger partial charge in [0.15, 0.2) is 0 Å². The predicted octanol–water partition coefficient (Wildman–Crippen LogP) is 1.52. The number of hydrogen-bond donors (Lipinski definition) is 2. The molecule has 0 saturated carbocycles. The van der Waals surface area contributed by atoms with E-state index >= 15 is 0 Å². The molecule has 1 saturated heterocycles. The third-order valence-corrected chi connectivity index (χ3v) is 2.98. The Kier molecular flexibility index (Phi) is 2.53. The van der Waals surface area contributed by atoms with Crippen molar-refractivity contribution in [2.45, 2.75) is 12.3 Å². The van der Waals surface area contributed by atoms with E-state index in [0.29, 0.717) is 23.3 Å². The normalized spacial score (nSPS) is 19.6. The van der Waals surface area contributed by atoms with Crippen molar-refractivity contribution in [3.63, 3.8) is 0 Å². The summed E-state index contributed by atoms with van der Waals surface area (Å²) in [5.41, 5.74) is 0.581. The van der Waals surface area contributed by atoms with Gasteiger partial charge in [0.05, 0.1) is 11.5 Å². The first kappa shape index (κ1) is 10.3. The summed E-state index contributed by atoms with van der Waals surface area (Å²) in [7, 11) is 0. The van der Waals surface area contributed by atoms with Crippen LogP contribution < -0.4 is 5.32 Å². The van der Waals surface area contributed by atoms with Gasteiger partial charge in [0.2, 0.25) is 5.89 Å². The van der Waals surface area contributed by atoms with E-state index in [1.807, 2.05) is 6.07 Å². The molecule has 2 aromatic rings. The average molecular weight is 231 g/mol. The Bertz CT molecular complexity index is 518. The zero-order chi connectivity index (χ0) is 11.7. The van der Waals surface area contributed by atoms with Gasteiger partial charge in [-0.2, -0.15) is 0 Å². The van der Waals surface area contributed by atoms with Crippen LogP contribution in [0.15, 0.2) is 28.7 Å². The molecular formula is C12H13N3O2. The van der Waals surface area contributed by atoms with E-state index in [1.165, 1.54) is 0 Å². The van der Waals surface area contributed by atoms with E-state index in [0.717, 1.165) is 19.5 Å². The molecule has 5 heteroatoms. The van der Waals surface area contributed by atoms with Crippen molar-refractivity contribution in [3.8, 4) is 17.2 Å². The standard InChI is InChI=1S/C12H13N3O2/c16-10-4-2-1-3-9(10)12-15-14-11(17-12)8-5-6-13-7-8/h1-4,8,13,16H,5-7H2. The maximum absolute atomic E-state index is 9.70. The SMILES string of the molecule is Oc1ccccc1-c1nnc(C2CCNC2)o1. The molecule has 3 rings (SSSR count). The van der Waals surface area contributed by atoms with Crippen molar-refractivity contribution in [2.24, 2.45) is 0 Å². The van der Waals surface area contributed by atoms with E-state index in [4.69, 9.17) is 4.42 Å². The maximum atomic E-state index is 9.70. The van der Waals surface area contributed by atoms with E-state index < -0.39 is 0 Å². The molecule has 1 aromatic carbocycles. The molecule has 1 aliphatic heterocycles. The lowest BCUT2D eigenvalue weighted by Crippen LogP contribution is -2.08. The summed E-state index contributed by atoms with van der Waals surface area (Å²) in [5.74, 6) is 1.48. The Morgan fingerprint density at radius 2 is 2.18 bits per heavy atom. The van der Waals surface area contributed by atoms with Crippen LogP contribution in [0.3, 0.4) is 0 Å². The first-order valence-corrected chi connectivity index (χ1v) is 5.67. The molecule has 2 N–H and O–H groups in total. The lowest BCUT2D eigenvalue weighted by molar-refractivity contribution is 0.455. The summed E-state index contributed by atoms with van der Waals surface area (Å²) in [6, 6.07) is 6.96. The number of para-hydroxylation sites is 1. The maximum Gasteiger partial charge on any atom is 0.251 e. The van der Waals surface area contributed by atoms with Crippen molar-refractivity contribution >= 4 is 0 Å². The highest BCUT2D eigenvalue weighted by molar-refractivity contribution is 5.61. The number of phenols is 1. The highest BCUT2D eigenvalue weighted by Crippen LogP contribution is 2.29. The molecule has 88 valence electrons. The number of aromatic nitrogens is 2. The summed E-state index contributed by atoms with van der Waals surface area (Å²) < 4.78 is 5.61.